The molecule has 161 valence electrons. The number of unbranched alkanes of at least 4 members (excludes halogenated alkanes) is 16. The van der Waals surface area contributed by atoms with E-state index in [-0.39, 0.29) is 41.5 Å². The second kappa shape index (κ2) is 25.2. The largest absolute Gasteiger partial charge is 0.393 e. The summed E-state index contributed by atoms with van der Waals surface area (Å²) in [6.45, 7) is 4.47. The Hall–Kier alpha value is 0.140. The van der Waals surface area contributed by atoms with Crippen LogP contribution in [0.4, 0.5) is 0 Å². The van der Waals surface area contributed by atoms with Gasteiger partial charge in [-0.15, -0.1) is 0 Å². The van der Waals surface area contributed by atoms with Crippen molar-refractivity contribution >= 4 is 41.5 Å². The molecule has 0 spiro atoms. The molecule has 0 aromatic rings. The first kappa shape index (κ1) is 30.3. The number of esters is 2. The molecule has 0 saturated heterocycles. The molecule has 0 aliphatic rings. The normalized spacial score (nSPS) is 10.5. The van der Waals surface area contributed by atoms with E-state index in [2.05, 4.69) is 13.8 Å². The molecule has 28 heavy (non-hydrogen) atoms. The number of rotatable bonds is 20. The van der Waals surface area contributed by atoms with Crippen molar-refractivity contribution in [3.63, 3.8) is 0 Å². The van der Waals surface area contributed by atoms with E-state index in [1.165, 1.54) is 89.9 Å². The maximum atomic E-state index is 11.7. The van der Waals surface area contributed by atoms with Crippen molar-refractivity contribution in [2.75, 3.05) is 0 Å². The zero-order valence-electron chi connectivity index (χ0n) is 19.4. The van der Waals surface area contributed by atoms with Crippen LogP contribution >= 0.6 is 0 Å². The Morgan fingerprint density at radius 3 is 1.00 bits per heavy atom. The molecule has 0 aliphatic heterocycles. The van der Waals surface area contributed by atoms with E-state index >= 15 is 0 Å². The van der Waals surface area contributed by atoms with E-state index in [9.17, 15) is 9.59 Å². The van der Waals surface area contributed by atoms with Gasteiger partial charge in [-0.25, -0.2) is 0 Å². The van der Waals surface area contributed by atoms with Crippen LogP contribution in [-0.2, 0) is 14.3 Å². The van der Waals surface area contributed by atoms with Crippen molar-refractivity contribution in [1.29, 1.82) is 0 Å². The first-order valence-corrected chi connectivity index (χ1v) is 11.9. The van der Waals surface area contributed by atoms with Crippen molar-refractivity contribution in [3.05, 3.63) is 0 Å². The third kappa shape index (κ3) is 24.2. The Balaban J connectivity index is 0. The van der Waals surface area contributed by atoms with Crippen LogP contribution in [0.2, 0.25) is 0 Å². The molecule has 1 radical (unpaired) electrons. The SMILES string of the molecule is CCCCCCCCCCCC(=O)OC(=O)CCCCCCCCCCC.[Na]. The van der Waals surface area contributed by atoms with E-state index in [0.29, 0.717) is 12.8 Å². The Morgan fingerprint density at radius 2 is 0.714 bits per heavy atom. The van der Waals surface area contributed by atoms with Crippen LogP contribution in [-0.4, -0.2) is 41.5 Å². The zero-order chi connectivity index (χ0) is 20.0. The molecular formula is C24H46NaO3. The van der Waals surface area contributed by atoms with E-state index in [1.807, 2.05) is 0 Å². The molecule has 0 atom stereocenters. The van der Waals surface area contributed by atoms with Gasteiger partial charge in [-0.05, 0) is 12.8 Å². The van der Waals surface area contributed by atoms with Gasteiger partial charge >= 0.3 is 11.9 Å². The third-order valence-corrected chi connectivity index (χ3v) is 5.20. The van der Waals surface area contributed by atoms with Gasteiger partial charge in [0.1, 0.15) is 0 Å². The maximum Gasteiger partial charge on any atom is 0.313 e. The average Bonchev–Trinajstić information content (AvgIpc) is 2.65. The van der Waals surface area contributed by atoms with Gasteiger partial charge in [-0.1, -0.05) is 117 Å². The molecule has 0 aromatic carbocycles. The molecule has 0 aliphatic carbocycles. The monoisotopic (exact) mass is 405 g/mol. The van der Waals surface area contributed by atoms with Crippen LogP contribution in [0.3, 0.4) is 0 Å². The average molecular weight is 406 g/mol. The summed E-state index contributed by atoms with van der Waals surface area (Å²) in [5, 5.41) is 0. The van der Waals surface area contributed by atoms with Crippen molar-refractivity contribution in [2.24, 2.45) is 0 Å². The van der Waals surface area contributed by atoms with E-state index in [1.54, 1.807) is 0 Å². The van der Waals surface area contributed by atoms with Crippen LogP contribution in [0, 0.1) is 0 Å². The number of ether oxygens (including phenoxy) is 1. The van der Waals surface area contributed by atoms with Gasteiger partial charge in [0.15, 0.2) is 0 Å². The number of hydrogen-bond donors (Lipinski definition) is 0. The summed E-state index contributed by atoms with van der Waals surface area (Å²) in [5.41, 5.74) is 0. The van der Waals surface area contributed by atoms with E-state index < -0.39 is 0 Å². The summed E-state index contributed by atoms with van der Waals surface area (Å²) < 4.78 is 4.92. The second-order valence-corrected chi connectivity index (χ2v) is 8.00. The fraction of sp³-hybridized carbons (Fsp3) is 0.917. The molecule has 0 unspecified atom stereocenters. The smallest absolute Gasteiger partial charge is 0.313 e. The van der Waals surface area contributed by atoms with Gasteiger partial charge in [0.05, 0.1) is 0 Å². The molecule has 0 fully saturated rings. The molecular weight excluding hydrogens is 359 g/mol. The Morgan fingerprint density at radius 1 is 0.464 bits per heavy atom. The molecule has 4 heteroatoms. The van der Waals surface area contributed by atoms with E-state index in [4.69, 9.17) is 4.74 Å². The van der Waals surface area contributed by atoms with Crippen molar-refractivity contribution in [2.45, 2.75) is 142 Å². The summed E-state index contributed by atoms with van der Waals surface area (Å²) >= 11 is 0. The molecule has 0 N–H and O–H groups in total. The van der Waals surface area contributed by atoms with Crippen molar-refractivity contribution in [3.8, 4) is 0 Å². The van der Waals surface area contributed by atoms with Gasteiger partial charge < -0.3 is 4.74 Å². The summed E-state index contributed by atoms with van der Waals surface area (Å²) in [4.78, 5) is 23.4. The maximum absolute atomic E-state index is 11.7. The quantitative estimate of drug-likeness (QED) is 0.0910. The Kier molecular flexibility index (Phi) is 27.3. The first-order chi connectivity index (χ1) is 13.2. The van der Waals surface area contributed by atoms with Crippen LogP contribution < -0.4 is 0 Å². The third-order valence-electron chi connectivity index (χ3n) is 5.20. The molecule has 0 amide bonds. The fourth-order valence-corrected chi connectivity index (χ4v) is 3.39. The predicted octanol–water partition coefficient (Wildman–Crippen LogP) is 7.52. The number of carbonyl (C=O) groups excluding carboxylic acids is 2. The standard InChI is InChI=1S/C24H46O3.Na/c1-3-5-7-9-11-13-15-17-19-21-23(25)27-24(26)22-20-18-16-14-12-10-8-6-4-2;/h3-22H2,1-2H3;. The summed E-state index contributed by atoms with van der Waals surface area (Å²) in [5.74, 6) is -0.669. The molecule has 0 heterocycles. The molecule has 0 bridgehead atoms. The topological polar surface area (TPSA) is 43.4 Å². The zero-order valence-corrected chi connectivity index (χ0v) is 21.4. The van der Waals surface area contributed by atoms with Crippen LogP contribution in [0.25, 0.3) is 0 Å². The van der Waals surface area contributed by atoms with Gasteiger partial charge in [0.2, 0.25) is 0 Å². The minimum atomic E-state index is -0.334. The Bertz CT molecular complexity index is 313. The van der Waals surface area contributed by atoms with Crippen LogP contribution in [0.1, 0.15) is 142 Å². The predicted molar refractivity (Wildman–Crippen MR) is 121 cm³/mol. The summed E-state index contributed by atoms with van der Waals surface area (Å²) in [6, 6.07) is 0. The molecule has 3 nitrogen and oxygen atoms in total. The Labute approximate surface area is 197 Å². The molecule has 0 rings (SSSR count). The minimum absolute atomic E-state index is 0. The van der Waals surface area contributed by atoms with Crippen LogP contribution in [0.5, 0.6) is 0 Å². The first-order valence-electron chi connectivity index (χ1n) is 11.9. The summed E-state index contributed by atoms with van der Waals surface area (Å²) in [7, 11) is 0. The van der Waals surface area contributed by atoms with Gasteiger partial charge in [-0.3, -0.25) is 9.59 Å². The summed E-state index contributed by atoms with van der Waals surface area (Å²) in [6.07, 6.45) is 22.8. The number of carbonyl (C=O) groups is 2. The van der Waals surface area contributed by atoms with Gasteiger partial charge in [0.25, 0.3) is 0 Å². The van der Waals surface area contributed by atoms with Gasteiger partial charge in [-0.2, -0.15) is 0 Å². The molecule has 0 saturated carbocycles. The van der Waals surface area contributed by atoms with Crippen LogP contribution in [0.15, 0.2) is 0 Å². The van der Waals surface area contributed by atoms with Crippen molar-refractivity contribution in [1.82, 2.24) is 0 Å². The van der Waals surface area contributed by atoms with Gasteiger partial charge in [0, 0.05) is 42.4 Å². The second-order valence-electron chi connectivity index (χ2n) is 8.00. The van der Waals surface area contributed by atoms with Crippen molar-refractivity contribution < 1.29 is 14.3 Å². The number of hydrogen-bond acceptors (Lipinski definition) is 3. The molecule has 0 aromatic heterocycles. The minimum Gasteiger partial charge on any atom is -0.393 e. The van der Waals surface area contributed by atoms with E-state index in [0.717, 1.165) is 25.7 Å². The fourth-order valence-electron chi connectivity index (χ4n) is 3.39.